The summed E-state index contributed by atoms with van der Waals surface area (Å²) in [4.78, 5) is 0. The van der Waals surface area contributed by atoms with Crippen molar-refractivity contribution >= 4 is 42.0 Å². The normalized spacial score (nSPS) is 1.75. The number of hydrogen-bond donors (Lipinski definition) is 1. The Kier molecular flexibility index (Phi) is 88.0. The van der Waals surface area contributed by atoms with E-state index in [1.54, 1.807) is 0 Å². The Morgan fingerprint density at radius 1 is 1.25 bits per heavy atom. The fourth-order valence-corrected chi connectivity index (χ4v) is 0. The van der Waals surface area contributed by atoms with Crippen molar-refractivity contribution in [2.75, 3.05) is 0 Å². The molecule has 0 heterocycles. The van der Waals surface area contributed by atoms with Gasteiger partial charge >= 0.3 is 52.2 Å². The van der Waals surface area contributed by atoms with Crippen LogP contribution in [0.15, 0.2) is 0 Å². The van der Waals surface area contributed by atoms with Crippen molar-refractivity contribution < 1.29 is 22.6 Å². The molecule has 1 N–H and O–H groups in total. The van der Waals surface area contributed by atoms with Crippen molar-refractivity contribution in [2.45, 2.75) is 0 Å². The predicted molar refractivity (Wildman–Crippen MR) is 16.6 cm³/mol. The van der Waals surface area contributed by atoms with Gasteiger partial charge in [-0.05, 0) is 0 Å². The van der Waals surface area contributed by atoms with Gasteiger partial charge in [0, 0.05) is 0 Å². The molecule has 0 aromatic carbocycles. The molecule has 0 aromatic heterocycles. The summed E-state index contributed by atoms with van der Waals surface area (Å²) in [7, 11) is 0. The van der Waals surface area contributed by atoms with Gasteiger partial charge in [-0.15, -0.1) is 12.4 Å². The summed E-state index contributed by atoms with van der Waals surface area (Å²) in [6.07, 6.45) is 0. The first kappa shape index (κ1) is 16.9. The van der Waals surface area contributed by atoms with E-state index in [1.807, 2.05) is 0 Å². The molecular weight excluding hydrogens is 140 g/mol. The predicted octanol–water partition coefficient (Wildman–Crippen LogP) is -0.786. The molecule has 0 aromatic rings. The zero-order valence-corrected chi connectivity index (χ0v) is 5.35. The molecule has 4 heavy (non-hydrogen) atoms. The summed E-state index contributed by atoms with van der Waals surface area (Å²) in [6, 6.07) is 0. The van der Waals surface area contributed by atoms with E-state index in [4.69, 9.17) is 3.93 Å². The van der Waals surface area contributed by atoms with Crippen molar-refractivity contribution in [2.24, 2.45) is 0 Å². The molecule has 1 nitrogen and oxygen atoms in total. The van der Waals surface area contributed by atoms with Crippen LogP contribution in [0.25, 0.3) is 0 Å². The molecule has 0 rings (SSSR count). The molecule has 0 aliphatic rings. The summed E-state index contributed by atoms with van der Waals surface area (Å²) in [5.74, 6) is 0. The Morgan fingerprint density at radius 3 is 1.25 bits per heavy atom. The Bertz CT molecular complexity index is 8.00. The van der Waals surface area contributed by atoms with E-state index in [1.165, 1.54) is 0 Å². The number of rotatable bonds is 0. The van der Waals surface area contributed by atoms with Crippen molar-refractivity contribution in [3.63, 3.8) is 0 Å². The molecule has 0 unspecified atom stereocenters. The van der Waals surface area contributed by atoms with Crippen LogP contribution in [0.1, 0.15) is 0 Å². The van der Waals surface area contributed by atoms with Crippen LogP contribution < -0.4 is 0 Å². The molecule has 0 spiro atoms. The Morgan fingerprint density at radius 2 is 1.25 bits per heavy atom. The van der Waals surface area contributed by atoms with Gasteiger partial charge in [0.15, 0.2) is 0 Å². The zero-order valence-electron chi connectivity index (χ0n) is 1.56. The van der Waals surface area contributed by atoms with Crippen molar-refractivity contribution in [3.8, 4) is 0 Å². The molecule has 0 aliphatic heterocycles. The summed E-state index contributed by atoms with van der Waals surface area (Å²) >= 11 is 0.375. The molecular formula is H3ClNaOZn. The Hall–Kier alpha value is 1.87. The van der Waals surface area contributed by atoms with Crippen LogP contribution >= 0.6 is 12.4 Å². The average molecular weight is 143 g/mol. The second-order valence-corrected chi connectivity index (χ2v) is 0. The molecule has 0 atom stereocenters. The van der Waals surface area contributed by atoms with Gasteiger partial charge in [0.1, 0.15) is 0 Å². The first-order chi connectivity index (χ1) is 1.00. The van der Waals surface area contributed by atoms with E-state index in [0.717, 1.165) is 0 Å². The fourth-order valence-electron chi connectivity index (χ4n) is 0. The average Bonchev–Trinajstić information content (AvgIpc) is 1.00. The minimum absolute atomic E-state index is 0. The van der Waals surface area contributed by atoms with Crippen molar-refractivity contribution in [1.29, 1.82) is 0 Å². The first-order valence-electron chi connectivity index (χ1n) is 0.316. The quantitative estimate of drug-likeness (QED) is 0.440. The number of hydrogen-bond acceptors (Lipinski definition) is 1. The van der Waals surface area contributed by atoms with Crippen LogP contribution in [0.3, 0.4) is 0 Å². The SMILES string of the molecule is Cl.[NaH].[OH][Zn]. The van der Waals surface area contributed by atoms with Gasteiger partial charge in [0.2, 0.25) is 0 Å². The summed E-state index contributed by atoms with van der Waals surface area (Å²) in [5.41, 5.74) is 0. The van der Waals surface area contributed by atoms with Gasteiger partial charge < -0.3 is 0 Å². The third-order valence-electron chi connectivity index (χ3n) is 0. The van der Waals surface area contributed by atoms with Gasteiger partial charge in [0.05, 0.1) is 0 Å². The monoisotopic (exact) mass is 141 g/mol. The topological polar surface area (TPSA) is 20.2 Å². The van der Waals surface area contributed by atoms with Gasteiger partial charge in [-0.25, -0.2) is 0 Å². The minimum atomic E-state index is 0. The van der Waals surface area contributed by atoms with Gasteiger partial charge in [0.25, 0.3) is 0 Å². The third-order valence-corrected chi connectivity index (χ3v) is 0. The molecule has 0 aliphatic carbocycles. The van der Waals surface area contributed by atoms with Gasteiger partial charge in [-0.1, -0.05) is 0 Å². The maximum atomic E-state index is 7.12. The van der Waals surface area contributed by atoms with Crippen LogP contribution in [-0.4, -0.2) is 33.5 Å². The van der Waals surface area contributed by atoms with Gasteiger partial charge in [-0.3, -0.25) is 0 Å². The van der Waals surface area contributed by atoms with E-state index in [-0.39, 0.29) is 42.0 Å². The van der Waals surface area contributed by atoms with Crippen LogP contribution in [0.5, 0.6) is 0 Å². The molecule has 4 heteroatoms. The maximum absolute atomic E-state index is 7.12. The van der Waals surface area contributed by atoms with Crippen LogP contribution in [0.2, 0.25) is 0 Å². The van der Waals surface area contributed by atoms with Crippen molar-refractivity contribution in [3.05, 3.63) is 0 Å². The van der Waals surface area contributed by atoms with Crippen LogP contribution in [0.4, 0.5) is 0 Å². The van der Waals surface area contributed by atoms with E-state index in [2.05, 4.69) is 0 Å². The second-order valence-electron chi connectivity index (χ2n) is 0. The standard InChI is InChI=1S/ClH.Na.H2O.Zn.H/h1H;;1H2;;/q;;;+1;/p-1. The molecule has 0 saturated heterocycles. The summed E-state index contributed by atoms with van der Waals surface area (Å²) in [6.45, 7) is 0. The van der Waals surface area contributed by atoms with E-state index in [0.29, 0.717) is 18.7 Å². The Balaban J connectivity index is -0.00000000500. The second kappa shape index (κ2) is 20.8. The summed E-state index contributed by atoms with van der Waals surface area (Å²) < 4.78 is 7.12. The zero-order chi connectivity index (χ0) is 2.00. The van der Waals surface area contributed by atoms with Crippen LogP contribution in [-0.2, 0) is 18.7 Å². The van der Waals surface area contributed by atoms with Crippen LogP contribution in [0, 0.1) is 0 Å². The molecule has 19 valence electrons. The third kappa shape index (κ3) is 9.11. The molecule has 0 saturated carbocycles. The molecule has 0 bridgehead atoms. The van der Waals surface area contributed by atoms with Crippen molar-refractivity contribution in [1.82, 2.24) is 0 Å². The fraction of sp³-hybridized carbons (Fsp3) is 0. The molecule has 0 amide bonds. The van der Waals surface area contributed by atoms with Gasteiger partial charge in [-0.2, -0.15) is 0 Å². The summed E-state index contributed by atoms with van der Waals surface area (Å²) in [5, 5.41) is 0. The first-order valence-corrected chi connectivity index (χ1v) is 1.64. The molecule has 0 fully saturated rings. The van der Waals surface area contributed by atoms with E-state index < -0.39 is 0 Å². The molecule has 0 radical (unpaired) electrons. The Labute approximate surface area is 63.9 Å². The van der Waals surface area contributed by atoms with E-state index in [9.17, 15) is 0 Å². The van der Waals surface area contributed by atoms with E-state index >= 15 is 0 Å². The number of halogens is 1.